The molecule has 0 unspecified atom stereocenters. The molecule has 0 fully saturated rings. The Morgan fingerprint density at radius 2 is 1.87 bits per heavy atom. The van der Waals surface area contributed by atoms with Crippen LogP contribution in [0.25, 0.3) is 11.3 Å². The van der Waals surface area contributed by atoms with E-state index in [9.17, 15) is 0 Å². The largest absolute Gasteiger partial charge is 0.399 e. The lowest BCUT2D eigenvalue weighted by atomic mass is 10.0. The molecule has 0 aliphatic heterocycles. The average molecular weight is 218 g/mol. The van der Waals surface area contributed by atoms with Crippen molar-refractivity contribution in [3.05, 3.63) is 33.6 Å². The van der Waals surface area contributed by atoms with Crippen LogP contribution < -0.4 is 5.73 Å². The molecule has 1 aromatic carbocycles. The number of thiazole rings is 1. The summed E-state index contributed by atoms with van der Waals surface area (Å²) in [6.45, 7) is 6.12. The van der Waals surface area contributed by atoms with Crippen molar-refractivity contribution < 1.29 is 0 Å². The molecule has 0 aliphatic carbocycles. The Balaban J connectivity index is 2.58. The molecule has 0 spiro atoms. The fourth-order valence-electron chi connectivity index (χ4n) is 1.60. The molecule has 0 saturated heterocycles. The van der Waals surface area contributed by atoms with Crippen LogP contribution in [0.2, 0.25) is 0 Å². The second kappa shape index (κ2) is 3.66. The van der Waals surface area contributed by atoms with Crippen LogP contribution in [0, 0.1) is 20.8 Å². The first-order chi connectivity index (χ1) is 7.08. The maximum atomic E-state index is 5.86. The van der Waals surface area contributed by atoms with Crippen molar-refractivity contribution in [2.75, 3.05) is 5.73 Å². The van der Waals surface area contributed by atoms with Crippen LogP contribution in [0.1, 0.15) is 16.1 Å². The normalized spacial score (nSPS) is 10.6. The first-order valence-corrected chi connectivity index (χ1v) is 5.75. The first kappa shape index (κ1) is 10.2. The van der Waals surface area contributed by atoms with Crippen molar-refractivity contribution in [3.63, 3.8) is 0 Å². The summed E-state index contributed by atoms with van der Waals surface area (Å²) >= 11 is 1.68. The van der Waals surface area contributed by atoms with Gasteiger partial charge < -0.3 is 5.73 Å². The van der Waals surface area contributed by atoms with E-state index >= 15 is 0 Å². The molecule has 2 nitrogen and oxygen atoms in total. The van der Waals surface area contributed by atoms with E-state index < -0.39 is 0 Å². The summed E-state index contributed by atoms with van der Waals surface area (Å²) in [6.07, 6.45) is 0. The molecule has 1 heterocycles. The Morgan fingerprint density at radius 1 is 1.13 bits per heavy atom. The topological polar surface area (TPSA) is 38.9 Å². The zero-order valence-corrected chi connectivity index (χ0v) is 9.98. The zero-order valence-electron chi connectivity index (χ0n) is 9.16. The summed E-state index contributed by atoms with van der Waals surface area (Å²) in [7, 11) is 0. The third-order valence-electron chi connectivity index (χ3n) is 2.51. The van der Waals surface area contributed by atoms with Crippen LogP contribution in [0.4, 0.5) is 5.69 Å². The van der Waals surface area contributed by atoms with Crippen molar-refractivity contribution in [1.82, 2.24) is 4.98 Å². The summed E-state index contributed by atoms with van der Waals surface area (Å²) in [5, 5.41) is 3.19. The van der Waals surface area contributed by atoms with Gasteiger partial charge in [-0.3, -0.25) is 0 Å². The van der Waals surface area contributed by atoms with Gasteiger partial charge in [-0.25, -0.2) is 4.98 Å². The van der Waals surface area contributed by atoms with E-state index in [1.54, 1.807) is 11.3 Å². The van der Waals surface area contributed by atoms with Crippen molar-refractivity contribution in [2.24, 2.45) is 0 Å². The van der Waals surface area contributed by atoms with Gasteiger partial charge >= 0.3 is 0 Å². The highest BCUT2D eigenvalue weighted by Crippen LogP contribution is 2.28. The number of nitrogen functional groups attached to an aromatic ring is 1. The van der Waals surface area contributed by atoms with Gasteiger partial charge in [0, 0.05) is 16.6 Å². The summed E-state index contributed by atoms with van der Waals surface area (Å²) in [4.78, 5) is 4.49. The van der Waals surface area contributed by atoms with Gasteiger partial charge in [-0.15, -0.1) is 11.3 Å². The summed E-state index contributed by atoms with van der Waals surface area (Å²) < 4.78 is 0. The zero-order chi connectivity index (χ0) is 11.0. The van der Waals surface area contributed by atoms with Crippen molar-refractivity contribution in [1.29, 1.82) is 0 Å². The molecular weight excluding hydrogens is 204 g/mol. The molecule has 0 amide bonds. The monoisotopic (exact) mass is 218 g/mol. The molecule has 1 aromatic heterocycles. The van der Waals surface area contributed by atoms with E-state index in [0.717, 1.165) is 22.0 Å². The number of hydrogen-bond acceptors (Lipinski definition) is 3. The number of aromatic nitrogens is 1. The molecular formula is C12H14N2S. The fraction of sp³-hybridized carbons (Fsp3) is 0.250. The molecule has 2 aromatic rings. The van der Waals surface area contributed by atoms with Crippen LogP contribution in [0.3, 0.4) is 0 Å². The minimum Gasteiger partial charge on any atom is -0.399 e. The Bertz CT molecular complexity index is 500. The van der Waals surface area contributed by atoms with Crippen LogP contribution in [0.5, 0.6) is 0 Å². The van der Waals surface area contributed by atoms with Gasteiger partial charge in [0.1, 0.15) is 0 Å². The fourth-order valence-corrected chi connectivity index (χ4v) is 2.21. The molecule has 15 heavy (non-hydrogen) atoms. The van der Waals surface area contributed by atoms with E-state index in [1.165, 1.54) is 11.1 Å². The number of aryl methyl sites for hydroxylation is 3. The Morgan fingerprint density at radius 3 is 2.47 bits per heavy atom. The summed E-state index contributed by atoms with van der Waals surface area (Å²) in [5.74, 6) is 0. The highest BCUT2D eigenvalue weighted by atomic mass is 32.1. The highest BCUT2D eigenvalue weighted by Gasteiger charge is 2.07. The van der Waals surface area contributed by atoms with E-state index in [2.05, 4.69) is 23.4 Å². The summed E-state index contributed by atoms with van der Waals surface area (Å²) in [6, 6.07) is 4.12. The van der Waals surface area contributed by atoms with Crippen LogP contribution >= 0.6 is 11.3 Å². The first-order valence-electron chi connectivity index (χ1n) is 4.87. The smallest absolute Gasteiger partial charge is 0.0901 e. The summed E-state index contributed by atoms with van der Waals surface area (Å²) in [5.41, 5.74) is 11.2. The number of nitrogens with zero attached hydrogens (tertiary/aromatic N) is 1. The molecule has 2 rings (SSSR count). The minimum atomic E-state index is 0.850. The predicted octanol–water partition coefficient (Wildman–Crippen LogP) is 3.32. The lowest BCUT2D eigenvalue weighted by Gasteiger charge is -2.07. The number of hydrogen-bond donors (Lipinski definition) is 1. The van der Waals surface area contributed by atoms with E-state index in [0.29, 0.717) is 0 Å². The van der Waals surface area contributed by atoms with Gasteiger partial charge in [0.25, 0.3) is 0 Å². The predicted molar refractivity (Wildman–Crippen MR) is 66.2 cm³/mol. The maximum absolute atomic E-state index is 5.86. The number of benzene rings is 1. The van der Waals surface area contributed by atoms with Crippen molar-refractivity contribution >= 4 is 17.0 Å². The molecule has 0 saturated carbocycles. The van der Waals surface area contributed by atoms with Gasteiger partial charge in [0.15, 0.2) is 0 Å². The molecule has 2 N–H and O–H groups in total. The van der Waals surface area contributed by atoms with Crippen molar-refractivity contribution in [2.45, 2.75) is 20.8 Å². The average Bonchev–Trinajstić information content (AvgIpc) is 2.58. The Kier molecular flexibility index (Phi) is 2.49. The molecule has 78 valence electrons. The van der Waals surface area contributed by atoms with Gasteiger partial charge in [-0.2, -0.15) is 0 Å². The van der Waals surface area contributed by atoms with Gasteiger partial charge in [0.05, 0.1) is 10.7 Å². The number of nitrogens with two attached hydrogens (primary N) is 1. The van der Waals surface area contributed by atoms with Gasteiger partial charge in [0.2, 0.25) is 0 Å². The lowest BCUT2D eigenvalue weighted by molar-refractivity contribution is 1.28. The van der Waals surface area contributed by atoms with Crippen molar-refractivity contribution in [3.8, 4) is 11.3 Å². The minimum absolute atomic E-state index is 0.850. The molecule has 3 heteroatoms. The standard InChI is InChI=1S/C12H14N2S/c1-7-5-11(13)8(2)4-10(7)12-6-15-9(3)14-12/h4-6H,13H2,1-3H3. The Hall–Kier alpha value is -1.35. The van der Waals surface area contributed by atoms with Gasteiger partial charge in [-0.05, 0) is 44.0 Å². The lowest BCUT2D eigenvalue weighted by Crippen LogP contribution is -1.93. The second-order valence-electron chi connectivity index (χ2n) is 3.78. The number of rotatable bonds is 1. The molecule has 0 atom stereocenters. The Labute approximate surface area is 93.8 Å². The molecule has 0 aliphatic rings. The van der Waals surface area contributed by atoms with E-state index in [1.807, 2.05) is 19.9 Å². The molecule has 0 bridgehead atoms. The third kappa shape index (κ3) is 1.88. The highest BCUT2D eigenvalue weighted by molar-refractivity contribution is 7.09. The van der Waals surface area contributed by atoms with Gasteiger partial charge in [-0.1, -0.05) is 0 Å². The second-order valence-corrected chi connectivity index (χ2v) is 4.84. The van der Waals surface area contributed by atoms with E-state index in [4.69, 9.17) is 5.73 Å². The SMILES string of the molecule is Cc1nc(-c2cc(C)c(N)cc2C)cs1. The van der Waals surface area contributed by atoms with Crippen LogP contribution in [0.15, 0.2) is 17.5 Å². The number of anilines is 1. The van der Waals surface area contributed by atoms with Crippen LogP contribution in [-0.4, -0.2) is 4.98 Å². The quantitative estimate of drug-likeness (QED) is 0.746. The van der Waals surface area contributed by atoms with E-state index in [-0.39, 0.29) is 0 Å². The van der Waals surface area contributed by atoms with Crippen LogP contribution in [-0.2, 0) is 0 Å². The third-order valence-corrected chi connectivity index (χ3v) is 3.28. The maximum Gasteiger partial charge on any atom is 0.0901 e. The molecule has 0 radical (unpaired) electrons.